The summed E-state index contributed by atoms with van der Waals surface area (Å²) in [5.74, 6) is -1.26. The van der Waals surface area contributed by atoms with Gasteiger partial charge in [-0.2, -0.15) is 0 Å². The Kier molecular flexibility index (Phi) is 5.13. The zero-order valence-electron chi connectivity index (χ0n) is 12.2. The summed E-state index contributed by atoms with van der Waals surface area (Å²) in [7, 11) is 0. The summed E-state index contributed by atoms with van der Waals surface area (Å²) in [5.41, 5.74) is 5.26. The summed E-state index contributed by atoms with van der Waals surface area (Å²) >= 11 is 0. The first-order valence-electron chi connectivity index (χ1n) is 7.33. The lowest BCUT2D eigenvalue weighted by atomic mass is 10.2. The molecule has 120 valence electrons. The van der Waals surface area contributed by atoms with E-state index in [1.807, 2.05) is 0 Å². The number of carbonyl (C=O) groups is 4. The van der Waals surface area contributed by atoms with Crippen LogP contribution in [0.5, 0.6) is 0 Å². The molecular formula is C14H20N4O4. The van der Waals surface area contributed by atoms with Crippen molar-refractivity contribution >= 4 is 24.1 Å². The van der Waals surface area contributed by atoms with Gasteiger partial charge in [0, 0.05) is 25.2 Å². The van der Waals surface area contributed by atoms with Gasteiger partial charge in [0.2, 0.25) is 24.1 Å². The Labute approximate surface area is 128 Å². The Hall–Kier alpha value is -2.38. The maximum atomic E-state index is 12.1. The Morgan fingerprint density at radius 3 is 2.23 bits per heavy atom. The van der Waals surface area contributed by atoms with E-state index in [4.69, 9.17) is 5.73 Å². The minimum absolute atomic E-state index is 0.324. The van der Waals surface area contributed by atoms with Crippen molar-refractivity contribution in [3.05, 3.63) is 12.2 Å². The maximum Gasteiger partial charge on any atom is 0.248 e. The average molecular weight is 308 g/mol. The van der Waals surface area contributed by atoms with E-state index >= 15 is 0 Å². The van der Waals surface area contributed by atoms with E-state index in [1.54, 1.807) is 0 Å². The molecule has 0 radical (unpaired) electrons. The van der Waals surface area contributed by atoms with E-state index in [1.165, 1.54) is 22.0 Å². The number of nitrogens with two attached hydrogens (primary N) is 1. The minimum Gasteiger partial charge on any atom is -0.368 e. The molecule has 2 aliphatic heterocycles. The molecule has 0 bridgehead atoms. The van der Waals surface area contributed by atoms with Gasteiger partial charge in [0.05, 0.1) is 0 Å². The summed E-state index contributed by atoms with van der Waals surface area (Å²) in [6, 6.07) is -0.594. The summed E-state index contributed by atoms with van der Waals surface area (Å²) in [6.45, 7) is 1.00. The van der Waals surface area contributed by atoms with Crippen LogP contribution in [0.25, 0.3) is 0 Å². The summed E-state index contributed by atoms with van der Waals surface area (Å²) in [5, 5.41) is 2.57. The smallest absolute Gasteiger partial charge is 0.248 e. The molecule has 3 N–H and O–H groups in total. The topological polar surface area (TPSA) is 113 Å². The molecule has 8 nitrogen and oxygen atoms in total. The van der Waals surface area contributed by atoms with Gasteiger partial charge in [-0.15, -0.1) is 0 Å². The van der Waals surface area contributed by atoms with Crippen LogP contribution in [-0.4, -0.2) is 59.2 Å². The monoisotopic (exact) mass is 308 g/mol. The lowest BCUT2D eigenvalue weighted by Gasteiger charge is -2.23. The highest BCUT2D eigenvalue weighted by Crippen LogP contribution is 2.18. The lowest BCUT2D eigenvalue weighted by Crippen LogP contribution is -2.44. The molecule has 22 heavy (non-hydrogen) atoms. The number of primary amides is 1. The van der Waals surface area contributed by atoms with E-state index in [2.05, 4.69) is 5.32 Å². The largest absolute Gasteiger partial charge is 0.368 e. The first-order chi connectivity index (χ1) is 10.5. The Bertz CT molecular complexity index is 505. The molecule has 2 unspecified atom stereocenters. The predicted molar refractivity (Wildman–Crippen MR) is 77.0 cm³/mol. The van der Waals surface area contributed by atoms with Crippen molar-refractivity contribution in [3.63, 3.8) is 0 Å². The first kappa shape index (κ1) is 16.0. The van der Waals surface area contributed by atoms with Gasteiger partial charge in [0.1, 0.15) is 12.2 Å². The van der Waals surface area contributed by atoms with Crippen LogP contribution >= 0.6 is 0 Å². The van der Waals surface area contributed by atoms with Crippen molar-refractivity contribution in [1.29, 1.82) is 0 Å². The number of amides is 4. The van der Waals surface area contributed by atoms with Crippen LogP contribution in [0.1, 0.15) is 25.7 Å². The Morgan fingerprint density at radius 2 is 1.59 bits per heavy atom. The van der Waals surface area contributed by atoms with Gasteiger partial charge in [0.25, 0.3) is 0 Å². The molecule has 0 saturated carbocycles. The standard InChI is InChI=1S/C14H20N4O4/c15-14(22)10-3-1-7-17(10)12(20)5-6-13(21)18-8-2-4-11(18)16-9-19/h5-6,9-11H,1-4,7-8H2,(H2,15,22)(H,16,19). The van der Waals surface area contributed by atoms with E-state index < -0.39 is 17.9 Å². The van der Waals surface area contributed by atoms with Crippen LogP contribution in [-0.2, 0) is 19.2 Å². The lowest BCUT2D eigenvalue weighted by molar-refractivity contribution is -0.133. The Balaban J connectivity index is 1.95. The number of hydrogen-bond donors (Lipinski definition) is 2. The summed E-state index contributed by atoms with van der Waals surface area (Å²) in [6.07, 6.45) is 5.36. The van der Waals surface area contributed by atoms with Crippen LogP contribution in [0.2, 0.25) is 0 Å². The number of likely N-dealkylation sites (tertiary alicyclic amines) is 2. The van der Waals surface area contributed by atoms with Crippen LogP contribution < -0.4 is 11.1 Å². The van der Waals surface area contributed by atoms with Crippen molar-refractivity contribution < 1.29 is 19.2 Å². The van der Waals surface area contributed by atoms with Crippen molar-refractivity contribution in [2.75, 3.05) is 13.1 Å². The molecule has 0 aromatic carbocycles. The van der Waals surface area contributed by atoms with Crippen LogP contribution in [0.3, 0.4) is 0 Å². The van der Waals surface area contributed by atoms with Crippen molar-refractivity contribution in [3.8, 4) is 0 Å². The SMILES string of the molecule is NC(=O)C1CCCN1C(=O)C=CC(=O)N1CCCC1NC=O. The van der Waals surface area contributed by atoms with E-state index in [0.717, 1.165) is 12.8 Å². The van der Waals surface area contributed by atoms with Gasteiger partial charge in [0.15, 0.2) is 0 Å². The molecule has 0 spiro atoms. The third-order valence-corrected chi connectivity index (χ3v) is 4.03. The molecule has 4 amide bonds. The van der Waals surface area contributed by atoms with Gasteiger partial charge in [-0.05, 0) is 25.7 Å². The van der Waals surface area contributed by atoms with Crippen molar-refractivity contribution in [2.24, 2.45) is 5.73 Å². The predicted octanol–water partition coefficient (Wildman–Crippen LogP) is -1.29. The number of carbonyl (C=O) groups excluding carboxylic acids is 4. The molecule has 2 atom stereocenters. The third-order valence-electron chi connectivity index (χ3n) is 4.03. The highest BCUT2D eigenvalue weighted by molar-refractivity contribution is 5.98. The van der Waals surface area contributed by atoms with Gasteiger partial charge >= 0.3 is 0 Å². The molecule has 0 aromatic heterocycles. The van der Waals surface area contributed by atoms with Crippen molar-refractivity contribution in [1.82, 2.24) is 15.1 Å². The molecule has 0 aromatic rings. The molecule has 2 saturated heterocycles. The molecular weight excluding hydrogens is 288 g/mol. The van der Waals surface area contributed by atoms with Crippen LogP contribution in [0, 0.1) is 0 Å². The fourth-order valence-electron chi connectivity index (χ4n) is 2.94. The maximum absolute atomic E-state index is 12.1. The molecule has 8 heteroatoms. The van der Waals surface area contributed by atoms with Crippen LogP contribution in [0.15, 0.2) is 12.2 Å². The quantitative estimate of drug-likeness (QED) is 0.486. The van der Waals surface area contributed by atoms with E-state index in [9.17, 15) is 19.2 Å². The Morgan fingerprint density at radius 1 is 1.00 bits per heavy atom. The number of rotatable bonds is 5. The van der Waals surface area contributed by atoms with Gasteiger partial charge in [-0.1, -0.05) is 0 Å². The molecule has 0 aliphatic carbocycles. The molecule has 2 rings (SSSR count). The average Bonchev–Trinajstić information content (AvgIpc) is 3.13. The number of hydrogen-bond acceptors (Lipinski definition) is 4. The summed E-state index contributed by atoms with van der Waals surface area (Å²) < 4.78 is 0. The van der Waals surface area contributed by atoms with Crippen molar-refractivity contribution in [2.45, 2.75) is 37.9 Å². The zero-order chi connectivity index (χ0) is 16.1. The van der Waals surface area contributed by atoms with Gasteiger partial charge in [-0.25, -0.2) is 0 Å². The minimum atomic E-state index is -0.594. The van der Waals surface area contributed by atoms with Gasteiger partial charge < -0.3 is 20.9 Å². The second-order valence-electron chi connectivity index (χ2n) is 5.40. The molecule has 2 aliphatic rings. The fraction of sp³-hybridized carbons (Fsp3) is 0.571. The number of nitrogens with one attached hydrogen (secondary N) is 1. The van der Waals surface area contributed by atoms with E-state index in [0.29, 0.717) is 32.3 Å². The zero-order valence-corrected chi connectivity index (χ0v) is 12.2. The second-order valence-corrected chi connectivity index (χ2v) is 5.40. The highest BCUT2D eigenvalue weighted by Gasteiger charge is 2.32. The first-order valence-corrected chi connectivity index (χ1v) is 7.33. The normalized spacial score (nSPS) is 24.7. The van der Waals surface area contributed by atoms with E-state index in [-0.39, 0.29) is 12.1 Å². The van der Waals surface area contributed by atoms with Gasteiger partial charge in [-0.3, -0.25) is 19.2 Å². The highest BCUT2D eigenvalue weighted by atomic mass is 16.2. The summed E-state index contributed by atoms with van der Waals surface area (Å²) in [4.78, 5) is 48.8. The molecule has 2 heterocycles. The second kappa shape index (κ2) is 7.06. The fourth-order valence-corrected chi connectivity index (χ4v) is 2.94. The van der Waals surface area contributed by atoms with Crippen LogP contribution in [0.4, 0.5) is 0 Å². The molecule has 2 fully saturated rings. The third kappa shape index (κ3) is 3.44. The number of nitrogens with zero attached hydrogens (tertiary/aromatic N) is 2.